The van der Waals surface area contributed by atoms with Gasteiger partial charge in [-0.25, -0.2) is 0 Å². The van der Waals surface area contributed by atoms with Crippen molar-refractivity contribution >= 4 is 0 Å². The van der Waals surface area contributed by atoms with Gasteiger partial charge in [0.05, 0.1) is 6.10 Å². The third kappa shape index (κ3) is 0.847. The molecule has 2 heterocycles. The van der Waals surface area contributed by atoms with Gasteiger partial charge in [0.15, 0.2) is 0 Å². The molecule has 2 heteroatoms. The van der Waals surface area contributed by atoms with E-state index in [0.29, 0.717) is 6.10 Å². The quantitative estimate of drug-likeness (QED) is 0.555. The summed E-state index contributed by atoms with van der Waals surface area (Å²) in [7, 11) is 0. The topological polar surface area (TPSA) is 25.7 Å². The molecule has 0 amide bonds. The van der Waals surface area contributed by atoms with Crippen LogP contribution in [0.4, 0.5) is 0 Å². The molecule has 0 spiro atoms. The van der Waals surface area contributed by atoms with E-state index >= 15 is 0 Å². The van der Waals surface area contributed by atoms with E-state index in [4.69, 9.17) is 9.15 Å². The van der Waals surface area contributed by atoms with E-state index in [1.165, 1.54) is 0 Å². The van der Waals surface area contributed by atoms with Gasteiger partial charge in [-0.2, -0.15) is 0 Å². The van der Waals surface area contributed by atoms with Crippen molar-refractivity contribution in [1.82, 2.24) is 0 Å². The lowest BCUT2D eigenvalue weighted by molar-refractivity contribution is 0.349. The van der Waals surface area contributed by atoms with Gasteiger partial charge in [0.2, 0.25) is 0 Å². The lowest BCUT2D eigenvalue weighted by atomic mass is 10.3. The molecule has 54 valence electrons. The SMILES string of the molecule is Cc1ccc(C2OC2C)o1. The summed E-state index contributed by atoms with van der Waals surface area (Å²) in [6.07, 6.45) is 0.583. The van der Waals surface area contributed by atoms with Crippen LogP contribution in [0.25, 0.3) is 0 Å². The Morgan fingerprint density at radius 2 is 2.10 bits per heavy atom. The predicted molar refractivity (Wildman–Crippen MR) is 36.7 cm³/mol. The maximum Gasteiger partial charge on any atom is 0.141 e. The normalized spacial score (nSPS) is 30.6. The van der Waals surface area contributed by atoms with Crippen LogP contribution in [0.1, 0.15) is 24.5 Å². The Bertz CT molecular complexity index is 239. The first-order valence-corrected chi connectivity index (χ1v) is 3.49. The smallest absolute Gasteiger partial charge is 0.141 e. The fourth-order valence-corrected chi connectivity index (χ4v) is 1.09. The Morgan fingerprint density at radius 1 is 1.40 bits per heavy atom. The number of aryl methyl sites for hydroxylation is 1. The molecule has 2 atom stereocenters. The maximum atomic E-state index is 5.35. The summed E-state index contributed by atoms with van der Waals surface area (Å²) < 4.78 is 10.6. The number of furan rings is 1. The third-order valence-electron chi connectivity index (χ3n) is 1.75. The number of hydrogen-bond donors (Lipinski definition) is 0. The van der Waals surface area contributed by atoms with Gasteiger partial charge in [0.25, 0.3) is 0 Å². The average Bonchev–Trinajstić information content (AvgIpc) is 2.42. The molecule has 0 aromatic carbocycles. The molecule has 1 aromatic heterocycles. The first-order valence-electron chi connectivity index (χ1n) is 3.49. The zero-order valence-corrected chi connectivity index (χ0v) is 6.13. The number of epoxide rings is 1. The fraction of sp³-hybridized carbons (Fsp3) is 0.500. The van der Waals surface area contributed by atoms with Crippen molar-refractivity contribution in [2.24, 2.45) is 0 Å². The van der Waals surface area contributed by atoms with Crippen LogP contribution in [-0.2, 0) is 4.74 Å². The Kier molecular flexibility index (Phi) is 1.11. The molecule has 2 rings (SSSR count). The second-order valence-corrected chi connectivity index (χ2v) is 2.71. The summed E-state index contributed by atoms with van der Waals surface area (Å²) in [5.74, 6) is 1.92. The minimum Gasteiger partial charge on any atom is -0.464 e. The molecular weight excluding hydrogens is 128 g/mol. The molecule has 0 bridgehead atoms. The Labute approximate surface area is 59.8 Å². The average molecular weight is 138 g/mol. The van der Waals surface area contributed by atoms with Gasteiger partial charge >= 0.3 is 0 Å². The molecule has 1 fully saturated rings. The third-order valence-corrected chi connectivity index (χ3v) is 1.75. The lowest BCUT2D eigenvalue weighted by Gasteiger charge is -1.84. The summed E-state index contributed by atoms with van der Waals surface area (Å²) >= 11 is 0. The second-order valence-electron chi connectivity index (χ2n) is 2.71. The zero-order chi connectivity index (χ0) is 7.14. The van der Waals surface area contributed by atoms with Crippen LogP contribution in [0.3, 0.4) is 0 Å². The standard InChI is InChI=1S/C8H10O2/c1-5-3-4-7(9-5)8-6(2)10-8/h3-4,6,8H,1-2H3. The summed E-state index contributed by atoms with van der Waals surface area (Å²) in [5, 5.41) is 0. The van der Waals surface area contributed by atoms with Gasteiger partial charge in [0, 0.05) is 0 Å². The Morgan fingerprint density at radius 3 is 2.50 bits per heavy atom. The van der Waals surface area contributed by atoms with Crippen LogP contribution in [0, 0.1) is 6.92 Å². The van der Waals surface area contributed by atoms with Crippen molar-refractivity contribution < 1.29 is 9.15 Å². The Hall–Kier alpha value is -0.760. The predicted octanol–water partition coefficient (Wildman–Crippen LogP) is 2.05. The minimum atomic E-state index is 0.230. The minimum absolute atomic E-state index is 0.230. The van der Waals surface area contributed by atoms with Crippen molar-refractivity contribution in [2.75, 3.05) is 0 Å². The van der Waals surface area contributed by atoms with Crippen molar-refractivity contribution in [1.29, 1.82) is 0 Å². The first kappa shape index (κ1) is 5.98. The van der Waals surface area contributed by atoms with Gasteiger partial charge in [-0.3, -0.25) is 0 Å². The van der Waals surface area contributed by atoms with Gasteiger partial charge < -0.3 is 9.15 Å². The molecule has 1 aromatic rings. The van der Waals surface area contributed by atoms with Gasteiger partial charge in [-0.05, 0) is 26.0 Å². The van der Waals surface area contributed by atoms with Crippen molar-refractivity contribution in [3.05, 3.63) is 23.7 Å². The van der Waals surface area contributed by atoms with Gasteiger partial charge in [0.1, 0.15) is 17.6 Å². The molecule has 0 aliphatic carbocycles. The van der Waals surface area contributed by atoms with E-state index in [1.807, 2.05) is 26.0 Å². The molecule has 0 radical (unpaired) electrons. The van der Waals surface area contributed by atoms with Crippen LogP contribution < -0.4 is 0 Å². The summed E-state index contributed by atoms with van der Waals surface area (Å²) in [6, 6.07) is 3.94. The number of rotatable bonds is 1. The molecular formula is C8H10O2. The van der Waals surface area contributed by atoms with E-state index in [2.05, 4.69) is 0 Å². The number of ether oxygens (including phenoxy) is 1. The molecule has 1 aliphatic heterocycles. The highest BCUT2D eigenvalue weighted by atomic mass is 16.6. The van der Waals surface area contributed by atoms with Crippen LogP contribution in [0.15, 0.2) is 16.5 Å². The highest BCUT2D eigenvalue weighted by Crippen LogP contribution is 2.38. The molecule has 0 saturated carbocycles. The van der Waals surface area contributed by atoms with Crippen molar-refractivity contribution in [2.45, 2.75) is 26.1 Å². The first-order chi connectivity index (χ1) is 4.77. The number of hydrogen-bond acceptors (Lipinski definition) is 2. The maximum absolute atomic E-state index is 5.35. The van der Waals surface area contributed by atoms with Crippen LogP contribution >= 0.6 is 0 Å². The monoisotopic (exact) mass is 138 g/mol. The van der Waals surface area contributed by atoms with E-state index in [9.17, 15) is 0 Å². The van der Waals surface area contributed by atoms with Gasteiger partial charge in [-0.15, -0.1) is 0 Å². The molecule has 2 nitrogen and oxygen atoms in total. The van der Waals surface area contributed by atoms with Crippen molar-refractivity contribution in [3.63, 3.8) is 0 Å². The molecule has 1 aliphatic rings. The zero-order valence-electron chi connectivity index (χ0n) is 6.13. The summed E-state index contributed by atoms with van der Waals surface area (Å²) in [4.78, 5) is 0. The van der Waals surface area contributed by atoms with Crippen LogP contribution in [0.2, 0.25) is 0 Å². The molecule has 2 unspecified atom stereocenters. The Balaban J connectivity index is 2.20. The van der Waals surface area contributed by atoms with Crippen LogP contribution in [0.5, 0.6) is 0 Å². The largest absolute Gasteiger partial charge is 0.464 e. The van der Waals surface area contributed by atoms with E-state index in [0.717, 1.165) is 11.5 Å². The molecule has 10 heavy (non-hydrogen) atoms. The van der Waals surface area contributed by atoms with Gasteiger partial charge in [-0.1, -0.05) is 0 Å². The summed E-state index contributed by atoms with van der Waals surface area (Å²) in [5.41, 5.74) is 0. The summed E-state index contributed by atoms with van der Waals surface area (Å²) in [6.45, 7) is 3.99. The van der Waals surface area contributed by atoms with E-state index in [-0.39, 0.29) is 6.10 Å². The van der Waals surface area contributed by atoms with E-state index in [1.54, 1.807) is 0 Å². The fourth-order valence-electron chi connectivity index (χ4n) is 1.09. The molecule has 0 N–H and O–H groups in total. The second kappa shape index (κ2) is 1.86. The highest BCUT2D eigenvalue weighted by molar-refractivity contribution is 5.12. The molecule has 1 saturated heterocycles. The highest BCUT2D eigenvalue weighted by Gasteiger charge is 2.38. The lowest BCUT2D eigenvalue weighted by Crippen LogP contribution is -1.77. The van der Waals surface area contributed by atoms with Crippen LogP contribution in [-0.4, -0.2) is 6.10 Å². The van der Waals surface area contributed by atoms with E-state index < -0.39 is 0 Å². The van der Waals surface area contributed by atoms with Crippen molar-refractivity contribution in [3.8, 4) is 0 Å².